The minimum Gasteiger partial charge on any atom is -0.329 e. The molecular weight excluding hydrogens is 274 g/mol. The Balaban J connectivity index is 1.76. The minimum atomic E-state index is -0.308. The summed E-state index contributed by atoms with van der Waals surface area (Å²) in [5.74, 6) is 4.83. The van der Waals surface area contributed by atoms with Gasteiger partial charge in [0, 0.05) is 17.0 Å². The summed E-state index contributed by atoms with van der Waals surface area (Å²) in [7, 11) is 0. The highest BCUT2D eigenvalue weighted by atomic mass is 32.1. The number of nitrogens with one attached hydrogen (secondary N) is 1. The van der Waals surface area contributed by atoms with Crippen LogP contribution in [0.5, 0.6) is 0 Å². The monoisotopic (exact) mass is 287 g/mol. The lowest BCUT2D eigenvalue weighted by Gasteiger charge is -2.13. The van der Waals surface area contributed by atoms with Crippen molar-refractivity contribution in [3.8, 4) is 0 Å². The van der Waals surface area contributed by atoms with Crippen molar-refractivity contribution in [1.29, 1.82) is 0 Å². The van der Waals surface area contributed by atoms with Crippen LogP contribution < -0.4 is 11.3 Å². The van der Waals surface area contributed by atoms with Crippen LogP contribution in [0, 0.1) is 0 Å². The van der Waals surface area contributed by atoms with Crippen LogP contribution in [0.2, 0.25) is 0 Å². The lowest BCUT2D eigenvalue weighted by Crippen LogP contribution is -2.29. The van der Waals surface area contributed by atoms with E-state index in [2.05, 4.69) is 5.43 Å². The van der Waals surface area contributed by atoms with Crippen molar-refractivity contribution in [2.24, 2.45) is 5.84 Å². The summed E-state index contributed by atoms with van der Waals surface area (Å²) in [6.07, 6.45) is 0. The molecule has 0 radical (unpaired) electrons. The van der Waals surface area contributed by atoms with Crippen molar-refractivity contribution in [3.05, 3.63) is 57.3 Å². The Labute approximate surface area is 120 Å². The molecule has 0 saturated carbocycles. The topological polar surface area (TPSA) is 75.4 Å². The largest absolute Gasteiger partial charge is 0.329 e. The van der Waals surface area contributed by atoms with E-state index in [1.165, 1.54) is 11.3 Å². The zero-order valence-electron chi connectivity index (χ0n) is 10.6. The molecule has 3 N–H and O–H groups in total. The molecule has 0 spiro atoms. The van der Waals surface area contributed by atoms with Crippen molar-refractivity contribution in [3.63, 3.8) is 0 Å². The molecule has 2 heterocycles. The number of benzene rings is 1. The molecular formula is C14H13N3O2S. The average Bonchev–Trinajstić information content (AvgIpc) is 3.05. The molecule has 0 saturated heterocycles. The van der Waals surface area contributed by atoms with Crippen LogP contribution in [0.4, 0.5) is 0 Å². The number of hydrazine groups is 1. The first-order valence-electron chi connectivity index (χ1n) is 6.16. The molecule has 0 fully saturated rings. The van der Waals surface area contributed by atoms with Crippen molar-refractivity contribution >= 4 is 23.2 Å². The maximum absolute atomic E-state index is 12.2. The van der Waals surface area contributed by atoms with Gasteiger partial charge in [0.05, 0.1) is 11.4 Å². The van der Waals surface area contributed by atoms with Gasteiger partial charge in [-0.2, -0.15) is 0 Å². The molecule has 3 rings (SSSR count). The number of nitrogens with two attached hydrogens (primary N) is 1. The zero-order chi connectivity index (χ0) is 14.1. The molecule has 0 bridgehead atoms. The summed E-state index contributed by atoms with van der Waals surface area (Å²) >= 11 is 1.35. The zero-order valence-corrected chi connectivity index (χ0v) is 11.4. The van der Waals surface area contributed by atoms with Crippen LogP contribution in [0.25, 0.3) is 0 Å². The number of thiophene rings is 1. The third kappa shape index (κ3) is 2.19. The van der Waals surface area contributed by atoms with Crippen LogP contribution >= 0.6 is 11.3 Å². The van der Waals surface area contributed by atoms with E-state index in [0.29, 0.717) is 18.0 Å². The van der Waals surface area contributed by atoms with E-state index < -0.39 is 0 Å². The molecule has 1 aromatic carbocycles. The Kier molecular flexibility index (Phi) is 3.25. The number of rotatable bonds is 3. The highest BCUT2D eigenvalue weighted by Crippen LogP contribution is 2.26. The van der Waals surface area contributed by atoms with Gasteiger partial charge in [-0.3, -0.25) is 15.0 Å². The first kappa shape index (κ1) is 12.8. The summed E-state index contributed by atoms with van der Waals surface area (Å²) in [5, 5.41) is 0. The second-order valence-electron chi connectivity index (χ2n) is 4.56. The van der Waals surface area contributed by atoms with Gasteiger partial charge in [-0.05, 0) is 23.8 Å². The quantitative estimate of drug-likeness (QED) is 0.510. The second kappa shape index (κ2) is 5.07. The third-order valence-electron chi connectivity index (χ3n) is 3.26. The lowest BCUT2D eigenvalue weighted by atomic mass is 10.1. The van der Waals surface area contributed by atoms with Gasteiger partial charge in [-0.25, -0.2) is 5.84 Å². The standard InChI is InChI=1S/C14H13N3O2S/c15-16-13(18)12-6-5-10(20-12)8-17-7-9-3-1-2-4-11(9)14(17)19/h1-6H,7-8,15H2,(H,16,18). The summed E-state index contributed by atoms with van der Waals surface area (Å²) in [6, 6.07) is 11.2. The van der Waals surface area contributed by atoms with Gasteiger partial charge in [0.15, 0.2) is 0 Å². The third-order valence-corrected chi connectivity index (χ3v) is 4.33. The van der Waals surface area contributed by atoms with Gasteiger partial charge in [0.2, 0.25) is 0 Å². The maximum Gasteiger partial charge on any atom is 0.275 e. The molecule has 1 aromatic heterocycles. The fourth-order valence-corrected chi connectivity index (χ4v) is 3.21. The van der Waals surface area contributed by atoms with Gasteiger partial charge in [0.25, 0.3) is 11.8 Å². The Bertz CT molecular complexity index is 681. The van der Waals surface area contributed by atoms with E-state index in [0.717, 1.165) is 16.0 Å². The summed E-state index contributed by atoms with van der Waals surface area (Å²) < 4.78 is 0. The molecule has 20 heavy (non-hydrogen) atoms. The second-order valence-corrected chi connectivity index (χ2v) is 5.73. The predicted octanol–water partition coefficient (Wildman–Crippen LogP) is 1.51. The minimum absolute atomic E-state index is 0.0406. The van der Waals surface area contributed by atoms with E-state index in [-0.39, 0.29) is 11.8 Å². The summed E-state index contributed by atoms with van der Waals surface area (Å²) in [5.41, 5.74) is 3.92. The van der Waals surface area contributed by atoms with Gasteiger partial charge in [-0.15, -0.1) is 11.3 Å². The maximum atomic E-state index is 12.2. The first-order chi connectivity index (χ1) is 9.69. The van der Waals surface area contributed by atoms with Crippen LogP contribution in [0.15, 0.2) is 36.4 Å². The fourth-order valence-electron chi connectivity index (χ4n) is 2.29. The Morgan fingerprint density at radius 2 is 2.10 bits per heavy atom. The van der Waals surface area contributed by atoms with E-state index >= 15 is 0 Å². The van der Waals surface area contributed by atoms with Crippen molar-refractivity contribution in [2.75, 3.05) is 0 Å². The number of nitrogen functional groups attached to an aromatic ring is 1. The lowest BCUT2D eigenvalue weighted by molar-refractivity contribution is 0.0768. The van der Waals surface area contributed by atoms with Crippen LogP contribution in [-0.4, -0.2) is 16.7 Å². The van der Waals surface area contributed by atoms with Gasteiger partial charge in [0.1, 0.15) is 0 Å². The number of carbonyl (C=O) groups is 2. The molecule has 2 aromatic rings. The number of fused-ring (bicyclic) bond motifs is 1. The first-order valence-corrected chi connectivity index (χ1v) is 6.97. The molecule has 2 amide bonds. The van der Waals surface area contributed by atoms with Crippen LogP contribution in [0.1, 0.15) is 30.5 Å². The fraction of sp³-hybridized carbons (Fsp3) is 0.143. The summed E-state index contributed by atoms with van der Waals surface area (Å²) in [6.45, 7) is 1.13. The number of amides is 2. The van der Waals surface area contributed by atoms with Gasteiger partial charge in [-0.1, -0.05) is 18.2 Å². The molecule has 0 aliphatic carbocycles. The van der Waals surface area contributed by atoms with E-state index in [1.54, 1.807) is 11.0 Å². The highest BCUT2D eigenvalue weighted by molar-refractivity contribution is 7.14. The number of hydrogen-bond acceptors (Lipinski definition) is 4. The highest BCUT2D eigenvalue weighted by Gasteiger charge is 2.27. The molecule has 0 atom stereocenters. The van der Waals surface area contributed by atoms with Crippen molar-refractivity contribution in [1.82, 2.24) is 10.3 Å². The van der Waals surface area contributed by atoms with Crippen LogP contribution in [0.3, 0.4) is 0 Å². The molecule has 6 heteroatoms. The van der Waals surface area contributed by atoms with Crippen molar-refractivity contribution in [2.45, 2.75) is 13.1 Å². The number of carbonyl (C=O) groups excluding carboxylic acids is 2. The SMILES string of the molecule is NNC(=O)c1ccc(CN2Cc3ccccc3C2=O)s1. The van der Waals surface area contributed by atoms with Crippen LogP contribution in [-0.2, 0) is 13.1 Å². The number of hydrogen-bond donors (Lipinski definition) is 2. The van der Waals surface area contributed by atoms with E-state index in [1.807, 2.05) is 30.3 Å². The van der Waals surface area contributed by atoms with Gasteiger partial charge < -0.3 is 4.90 Å². The molecule has 0 unspecified atom stereocenters. The summed E-state index contributed by atoms with van der Waals surface area (Å²) in [4.78, 5) is 26.9. The number of nitrogens with zero attached hydrogens (tertiary/aromatic N) is 1. The van der Waals surface area contributed by atoms with E-state index in [9.17, 15) is 9.59 Å². The van der Waals surface area contributed by atoms with Gasteiger partial charge >= 0.3 is 0 Å². The molecule has 5 nitrogen and oxygen atoms in total. The Morgan fingerprint density at radius 3 is 2.85 bits per heavy atom. The molecule has 1 aliphatic rings. The van der Waals surface area contributed by atoms with E-state index in [4.69, 9.17) is 5.84 Å². The predicted molar refractivity (Wildman–Crippen MR) is 76.0 cm³/mol. The average molecular weight is 287 g/mol. The molecule has 1 aliphatic heterocycles. The molecule has 102 valence electrons. The van der Waals surface area contributed by atoms with Crippen molar-refractivity contribution < 1.29 is 9.59 Å². The normalized spacial score (nSPS) is 13.4. The Morgan fingerprint density at radius 1 is 1.30 bits per heavy atom. The Hall–Kier alpha value is -2.18. The smallest absolute Gasteiger partial charge is 0.275 e.